The zero-order valence-electron chi connectivity index (χ0n) is 21.4. The van der Waals surface area contributed by atoms with Crippen LogP contribution in [0.2, 0.25) is 0 Å². The van der Waals surface area contributed by atoms with Gasteiger partial charge in [-0.25, -0.2) is 9.50 Å². The smallest absolute Gasteiger partial charge is 0.255 e. The first kappa shape index (κ1) is 25.0. The number of carbonyl (C=O) groups excluding carboxylic acids is 1. The molecule has 194 valence electrons. The lowest BCUT2D eigenvalue weighted by molar-refractivity contribution is 0.0303. The van der Waals surface area contributed by atoms with E-state index < -0.39 is 6.23 Å². The number of ether oxygens (including phenoxy) is 1. The average Bonchev–Trinajstić information content (AvgIpc) is 3.56. The van der Waals surface area contributed by atoms with Crippen LogP contribution in [0, 0.1) is 6.92 Å². The molecule has 1 fully saturated rings. The van der Waals surface area contributed by atoms with Crippen LogP contribution in [0.15, 0.2) is 41.3 Å². The molecule has 1 aliphatic heterocycles. The molecular weight excluding hydrogens is 474 g/mol. The summed E-state index contributed by atoms with van der Waals surface area (Å²) < 4.78 is 12.3. The van der Waals surface area contributed by atoms with E-state index in [0.29, 0.717) is 44.3 Å². The normalized spacial score (nSPS) is 15.3. The molecule has 5 rings (SSSR count). The number of nitrogens with zero attached hydrogens (tertiary/aromatic N) is 6. The molecule has 1 atom stereocenters. The Balaban J connectivity index is 1.32. The molecule has 3 aromatic heterocycles. The second-order valence-corrected chi connectivity index (χ2v) is 10.2. The lowest BCUT2D eigenvalue weighted by Crippen LogP contribution is -2.40. The molecule has 11 heteroatoms. The van der Waals surface area contributed by atoms with E-state index in [1.165, 1.54) is 6.33 Å². The van der Waals surface area contributed by atoms with Crippen LogP contribution in [0.3, 0.4) is 0 Å². The summed E-state index contributed by atoms with van der Waals surface area (Å²) in [6.45, 7) is 10.6. The predicted octanol–water partition coefficient (Wildman–Crippen LogP) is 2.64. The summed E-state index contributed by atoms with van der Waals surface area (Å²) in [4.78, 5) is 23.6. The lowest BCUT2D eigenvalue weighted by atomic mass is 9.97. The highest BCUT2D eigenvalue weighted by Crippen LogP contribution is 2.26. The summed E-state index contributed by atoms with van der Waals surface area (Å²) in [7, 11) is 0. The molecule has 0 bridgehead atoms. The van der Waals surface area contributed by atoms with Crippen molar-refractivity contribution in [3.63, 3.8) is 0 Å². The Bertz CT molecular complexity index is 1420. The number of hydrogen-bond donors (Lipinski definition) is 2. The van der Waals surface area contributed by atoms with E-state index in [-0.39, 0.29) is 17.1 Å². The quantitative estimate of drug-likeness (QED) is 0.380. The summed E-state index contributed by atoms with van der Waals surface area (Å²) in [5, 5.41) is 21.7. The fourth-order valence-corrected chi connectivity index (χ4v) is 4.21. The number of aromatic nitrogens is 5. The van der Waals surface area contributed by atoms with Crippen molar-refractivity contribution in [2.24, 2.45) is 0 Å². The Labute approximate surface area is 214 Å². The van der Waals surface area contributed by atoms with Gasteiger partial charge >= 0.3 is 0 Å². The van der Waals surface area contributed by atoms with E-state index in [1.54, 1.807) is 15.6 Å². The molecule has 1 unspecified atom stereocenters. The van der Waals surface area contributed by atoms with Gasteiger partial charge in [0.15, 0.2) is 6.23 Å². The number of morpholine rings is 1. The van der Waals surface area contributed by atoms with Crippen molar-refractivity contribution in [2.45, 2.75) is 45.9 Å². The third-order valence-corrected chi connectivity index (χ3v) is 6.38. The maximum atomic E-state index is 13.0. The minimum absolute atomic E-state index is 0.0351. The van der Waals surface area contributed by atoms with Gasteiger partial charge < -0.3 is 19.3 Å². The number of rotatable bonds is 6. The van der Waals surface area contributed by atoms with Crippen LogP contribution in [-0.4, -0.2) is 67.0 Å². The minimum atomic E-state index is -1.05. The molecular formula is C26H31N7O4. The first-order valence-corrected chi connectivity index (χ1v) is 12.3. The number of fused-ring (bicyclic) bond motifs is 1. The summed E-state index contributed by atoms with van der Waals surface area (Å²) in [6, 6.07) is 7.84. The SMILES string of the molecule is Cc1cc(-c2ncnn3cc(C(=O)N4CCOCC4)cc23)ccc1CNC(O)c1noc(C(C)(C)C)n1. The molecule has 0 aliphatic carbocycles. The average molecular weight is 506 g/mol. The molecule has 2 N–H and O–H groups in total. The van der Waals surface area contributed by atoms with Gasteiger partial charge in [0, 0.05) is 36.8 Å². The van der Waals surface area contributed by atoms with Gasteiger partial charge in [0.1, 0.15) is 6.33 Å². The predicted molar refractivity (Wildman–Crippen MR) is 135 cm³/mol. The summed E-state index contributed by atoms with van der Waals surface area (Å²) >= 11 is 0. The fraction of sp³-hybridized carbons (Fsp3) is 0.423. The maximum Gasteiger partial charge on any atom is 0.255 e. The van der Waals surface area contributed by atoms with Crippen molar-refractivity contribution in [3.8, 4) is 11.3 Å². The van der Waals surface area contributed by atoms with E-state index in [2.05, 4.69) is 25.5 Å². The van der Waals surface area contributed by atoms with E-state index in [0.717, 1.165) is 27.9 Å². The molecule has 4 heterocycles. The van der Waals surface area contributed by atoms with Crippen LogP contribution in [0.5, 0.6) is 0 Å². The Hall–Kier alpha value is -3.67. The molecule has 0 radical (unpaired) electrons. The summed E-state index contributed by atoms with van der Waals surface area (Å²) in [5.74, 6) is 0.644. The Morgan fingerprint density at radius 2 is 2.00 bits per heavy atom. The van der Waals surface area contributed by atoms with Crippen molar-refractivity contribution >= 4 is 11.4 Å². The van der Waals surface area contributed by atoms with Gasteiger partial charge in [0.05, 0.1) is 30.0 Å². The second-order valence-electron chi connectivity index (χ2n) is 10.2. The molecule has 1 aliphatic rings. The molecule has 4 aromatic rings. The van der Waals surface area contributed by atoms with Gasteiger partial charge in [-0.2, -0.15) is 10.1 Å². The van der Waals surface area contributed by atoms with Gasteiger partial charge in [0.25, 0.3) is 5.91 Å². The van der Waals surface area contributed by atoms with Gasteiger partial charge in [0.2, 0.25) is 11.7 Å². The van der Waals surface area contributed by atoms with Gasteiger partial charge in [-0.05, 0) is 30.2 Å². The molecule has 1 amide bonds. The first-order chi connectivity index (χ1) is 17.7. The molecule has 11 nitrogen and oxygen atoms in total. The van der Waals surface area contributed by atoms with Gasteiger partial charge in [-0.3, -0.25) is 10.1 Å². The summed E-state index contributed by atoms with van der Waals surface area (Å²) in [5.41, 5.74) is 4.71. The van der Waals surface area contributed by atoms with E-state index in [1.807, 2.05) is 52.0 Å². The fourth-order valence-electron chi connectivity index (χ4n) is 4.21. The lowest BCUT2D eigenvalue weighted by Gasteiger charge is -2.26. The molecule has 1 aromatic carbocycles. The number of hydrogen-bond acceptors (Lipinski definition) is 9. The van der Waals surface area contributed by atoms with E-state index >= 15 is 0 Å². The van der Waals surface area contributed by atoms with Crippen molar-refractivity contribution in [1.29, 1.82) is 0 Å². The highest BCUT2D eigenvalue weighted by atomic mass is 16.5. The number of benzene rings is 1. The number of nitrogens with one attached hydrogen (secondary N) is 1. The van der Waals surface area contributed by atoms with Crippen LogP contribution < -0.4 is 5.32 Å². The number of aliphatic hydroxyl groups excluding tert-OH is 1. The number of aryl methyl sites for hydroxylation is 1. The van der Waals surface area contributed by atoms with Crippen LogP contribution in [0.25, 0.3) is 16.8 Å². The largest absolute Gasteiger partial charge is 0.378 e. The molecule has 0 spiro atoms. The highest BCUT2D eigenvalue weighted by molar-refractivity contribution is 5.97. The number of carbonyl (C=O) groups is 1. The topological polar surface area (TPSA) is 131 Å². The highest BCUT2D eigenvalue weighted by Gasteiger charge is 2.24. The third-order valence-electron chi connectivity index (χ3n) is 6.38. The molecule has 37 heavy (non-hydrogen) atoms. The first-order valence-electron chi connectivity index (χ1n) is 12.3. The maximum absolute atomic E-state index is 13.0. The minimum Gasteiger partial charge on any atom is -0.378 e. The second kappa shape index (κ2) is 10.0. The number of amides is 1. The van der Waals surface area contributed by atoms with Crippen LogP contribution in [0.4, 0.5) is 0 Å². The van der Waals surface area contributed by atoms with Gasteiger partial charge in [-0.15, -0.1) is 0 Å². The molecule has 1 saturated heterocycles. The summed E-state index contributed by atoms with van der Waals surface area (Å²) in [6.07, 6.45) is 2.18. The van der Waals surface area contributed by atoms with Crippen molar-refractivity contribution in [2.75, 3.05) is 26.3 Å². The zero-order chi connectivity index (χ0) is 26.2. The van der Waals surface area contributed by atoms with Crippen molar-refractivity contribution in [3.05, 3.63) is 65.2 Å². The van der Waals surface area contributed by atoms with E-state index in [4.69, 9.17) is 9.26 Å². The molecule has 0 saturated carbocycles. The third kappa shape index (κ3) is 5.24. The zero-order valence-corrected chi connectivity index (χ0v) is 21.4. The Morgan fingerprint density at radius 1 is 1.22 bits per heavy atom. The number of aliphatic hydroxyl groups is 1. The van der Waals surface area contributed by atoms with Crippen LogP contribution >= 0.6 is 0 Å². The van der Waals surface area contributed by atoms with Crippen LogP contribution in [-0.2, 0) is 16.7 Å². The standard InChI is InChI=1S/C26H31N7O4/c1-16-11-17(5-6-18(16)13-27-23(34)22-30-25(37-31-22)26(2,3)4)21-20-12-19(14-33(20)29-15-28-21)24(35)32-7-9-36-10-8-32/h5-6,11-12,14-15,23,27,34H,7-10,13H2,1-4H3. The van der Waals surface area contributed by atoms with E-state index in [9.17, 15) is 9.90 Å². The monoisotopic (exact) mass is 505 g/mol. The van der Waals surface area contributed by atoms with Crippen molar-refractivity contribution < 1.29 is 19.2 Å². The Kier molecular flexibility index (Phi) is 6.76. The van der Waals surface area contributed by atoms with Gasteiger partial charge in [-0.1, -0.05) is 38.1 Å². The van der Waals surface area contributed by atoms with Crippen LogP contribution in [0.1, 0.15) is 60.2 Å². The Morgan fingerprint density at radius 3 is 2.70 bits per heavy atom. The van der Waals surface area contributed by atoms with Crippen molar-refractivity contribution in [1.82, 2.24) is 35.0 Å².